The lowest BCUT2D eigenvalue weighted by Gasteiger charge is -2.16. The van der Waals surface area contributed by atoms with E-state index in [1.165, 1.54) is 0 Å². The van der Waals surface area contributed by atoms with Crippen molar-refractivity contribution in [1.82, 2.24) is 9.13 Å². The maximum Gasteiger partial charge on any atom is 0.0992 e. The van der Waals surface area contributed by atoms with Crippen LogP contribution in [-0.4, -0.2) is 9.13 Å². The van der Waals surface area contributed by atoms with Crippen molar-refractivity contribution in [1.29, 1.82) is 10.5 Å². The molecule has 0 unspecified atom stereocenters. The van der Waals surface area contributed by atoms with Gasteiger partial charge in [-0.15, -0.1) is 0 Å². The lowest BCUT2D eigenvalue weighted by Crippen LogP contribution is -2.05. The number of nitrogens with zero attached hydrogens (tertiary/aromatic N) is 4. The number of rotatable bonds is 3. The Hall–Kier alpha value is -5.46. The molecule has 2 heterocycles. The lowest BCUT2D eigenvalue weighted by atomic mass is 10.1. The Kier molecular flexibility index (Phi) is 4.74. The minimum Gasteiger partial charge on any atom is -0.396 e. The fourth-order valence-electron chi connectivity index (χ4n) is 4.96. The first-order chi connectivity index (χ1) is 17.6. The summed E-state index contributed by atoms with van der Waals surface area (Å²) >= 11 is 0. The molecule has 6 heteroatoms. The third kappa shape index (κ3) is 3.03. The van der Waals surface area contributed by atoms with Gasteiger partial charge in [0.05, 0.1) is 57.1 Å². The first-order valence-electron chi connectivity index (χ1n) is 11.4. The van der Waals surface area contributed by atoms with Crippen LogP contribution in [0.5, 0.6) is 0 Å². The number of benzene rings is 4. The van der Waals surface area contributed by atoms with E-state index < -0.39 is 0 Å². The Morgan fingerprint density at radius 3 is 1.36 bits per heavy atom. The standard InChI is InChI=1S/C30H20N6/c31-17-19-7-5-9-21(15-19)35-25-13-3-1-11-23(25)27(33)29(35)30-28(34)24-12-2-4-14-26(24)36(30)22-10-6-8-20(16-22)18-32/h1-16H,33-34H2. The van der Waals surface area contributed by atoms with E-state index in [0.717, 1.165) is 44.6 Å². The zero-order valence-corrected chi connectivity index (χ0v) is 19.2. The van der Waals surface area contributed by atoms with Crippen molar-refractivity contribution in [2.75, 3.05) is 11.5 Å². The number of hydrogen-bond donors (Lipinski definition) is 2. The van der Waals surface area contributed by atoms with Crippen LogP contribution in [0.3, 0.4) is 0 Å². The highest BCUT2D eigenvalue weighted by Gasteiger charge is 2.26. The number of aromatic nitrogens is 2. The van der Waals surface area contributed by atoms with Crippen molar-refractivity contribution in [3.8, 4) is 34.9 Å². The number of para-hydroxylation sites is 2. The van der Waals surface area contributed by atoms with Crippen LogP contribution in [0.1, 0.15) is 11.1 Å². The van der Waals surface area contributed by atoms with Crippen LogP contribution in [-0.2, 0) is 0 Å². The van der Waals surface area contributed by atoms with Crippen LogP contribution in [0.25, 0.3) is 44.6 Å². The molecular weight excluding hydrogens is 444 g/mol. The monoisotopic (exact) mass is 464 g/mol. The highest BCUT2D eigenvalue weighted by Crippen LogP contribution is 2.45. The second-order valence-corrected chi connectivity index (χ2v) is 8.55. The minimum absolute atomic E-state index is 0.546. The molecule has 0 spiro atoms. The molecule has 4 aromatic carbocycles. The highest BCUT2D eigenvalue weighted by molar-refractivity contribution is 6.09. The summed E-state index contributed by atoms with van der Waals surface area (Å²) in [7, 11) is 0. The number of nitriles is 2. The molecule has 0 fully saturated rings. The molecule has 2 aromatic heterocycles. The first kappa shape index (κ1) is 21.1. The minimum atomic E-state index is 0.546. The zero-order valence-electron chi connectivity index (χ0n) is 19.2. The SMILES string of the molecule is N#Cc1cccc(-n2c(-c3c(N)c4ccccc4n3-c3cccc(C#N)c3)c(N)c3ccccc32)c1. The highest BCUT2D eigenvalue weighted by atomic mass is 15.1. The van der Waals surface area contributed by atoms with Gasteiger partial charge in [-0.05, 0) is 48.5 Å². The molecule has 0 amide bonds. The largest absolute Gasteiger partial charge is 0.396 e. The van der Waals surface area contributed by atoms with Crippen molar-refractivity contribution < 1.29 is 0 Å². The van der Waals surface area contributed by atoms with Crippen LogP contribution < -0.4 is 11.5 Å². The van der Waals surface area contributed by atoms with Gasteiger partial charge in [0.1, 0.15) is 0 Å². The summed E-state index contributed by atoms with van der Waals surface area (Å²) in [6.45, 7) is 0. The third-order valence-electron chi connectivity index (χ3n) is 6.52. The molecule has 6 nitrogen and oxygen atoms in total. The van der Waals surface area contributed by atoms with Crippen LogP contribution in [0.4, 0.5) is 11.4 Å². The zero-order chi connectivity index (χ0) is 24.8. The van der Waals surface area contributed by atoms with Gasteiger partial charge >= 0.3 is 0 Å². The molecule has 0 saturated carbocycles. The van der Waals surface area contributed by atoms with Gasteiger partial charge in [-0.25, -0.2) is 0 Å². The normalized spacial score (nSPS) is 10.9. The van der Waals surface area contributed by atoms with Crippen molar-refractivity contribution in [2.24, 2.45) is 0 Å². The first-order valence-corrected chi connectivity index (χ1v) is 11.4. The quantitative estimate of drug-likeness (QED) is 0.327. The van der Waals surface area contributed by atoms with E-state index in [1.807, 2.05) is 84.9 Å². The molecule has 170 valence electrons. The van der Waals surface area contributed by atoms with E-state index in [1.54, 1.807) is 12.1 Å². The molecule has 0 atom stereocenters. The van der Waals surface area contributed by atoms with Gasteiger partial charge in [0.25, 0.3) is 0 Å². The summed E-state index contributed by atoms with van der Waals surface area (Å²) in [6.07, 6.45) is 0. The fourth-order valence-corrected chi connectivity index (χ4v) is 4.96. The molecule has 0 aliphatic rings. The maximum absolute atomic E-state index is 9.56. The second kappa shape index (κ2) is 8.09. The summed E-state index contributed by atoms with van der Waals surface area (Å²) in [5.74, 6) is 0. The third-order valence-corrected chi connectivity index (χ3v) is 6.52. The van der Waals surface area contributed by atoms with E-state index in [0.29, 0.717) is 22.5 Å². The lowest BCUT2D eigenvalue weighted by molar-refractivity contribution is 1.07. The van der Waals surface area contributed by atoms with E-state index in [9.17, 15) is 10.5 Å². The Morgan fingerprint density at radius 1 is 0.528 bits per heavy atom. The summed E-state index contributed by atoms with van der Waals surface area (Å²) in [5, 5.41) is 20.9. The molecular formula is C30H20N6. The average Bonchev–Trinajstić information content (AvgIpc) is 3.39. The predicted molar refractivity (Wildman–Crippen MR) is 144 cm³/mol. The summed E-state index contributed by atoms with van der Waals surface area (Å²) in [4.78, 5) is 0. The number of hydrogen-bond acceptors (Lipinski definition) is 4. The number of nitrogens with two attached hydrogens (primary N) is 2. The summed E-state index contributed by atoms with van der Waals surface area (Å²) in [5.41, 5.74) is 20.9. The van der Waals surface area contributed by atoms with Gasteiger partial charge < -0.3 is 20.6 Å². The van der Waals surface area contributed by atoms with Gasteiger partial charge in [0.15, 0.2) is 0 Å². The molecule has 36 heavy (non-hydrogen) atoms. The van der Waals surface area contributed by atoms with E-state index in [4.69, 9.17) is 11.5 Å². The topological polar surface area (TPSA) is 109 Å². The molecule has 0 aliphatic carbocycles. The summed E-state index contributed by atoms with van der Waals surface area (Å²) < 4.78 is 4.11. The average molecular weight is 465 g/mol. The molecule has 0 radical (unpaired) electrons. The number of fused-ring (bicyclic) bond motifs is 2. The molecule has 0 bridgehead atoms. The van der Waals surface area contributed by atoms with E-state index in [2.05, 4.69) is 21.3 Å². The van der Waals surface area contributed by atoms with Crippen molar-refractivity contribution in [3.05, 3.63) is 108 Å². The second-order valence-electron chi connectivity index (χ2n) is 8.55. The number of anilines is 2. The fraction of sp³-hybridized carbons (Fsp3) is 0. The molecule has 6 rings (SSSR count). The van der Waals surface area contributed by atoms with E-state index in [-0.39, 0.29) is 0 Å². The van der Waals surface area contributed by atoms with Crippen molar-refractivity contribution in [2.45, 2.75) is 0 Å². The molecule has 0 aliphatic heterocycles. The van der Waals surface area contributed by atoms with Crippen LogP contribution >= 0.6 is 0 Å². The summed E-state index contributed by atoms with van der Waals surface area (Å²) in [6, 6.07) is 35.1. The molecule has 6 aromatic rings. The molecule has 4 N–H and O–H groups in total. The number of nitrogen functional groups attached to an aromatic ring is 2. The van der Waals surface area contributed by atoms with Crippen LogP contribution in [0, 0.1) is 22.7 Å². The Bertz CT molecular complexity index is 1750. The van der Waals surface area contributed by atoms with Gasteiger partial charge in [0, 0.05) is 22.1 Å². The Morgan fingerprint density at radius 2 is 0.944 bits per heavy atom. The molecule has 0 saturated heterocycles. The van der Waals surface area contributed by atoms with Gasteiger partial charge in [-0.3, -0.25) is 0 Å². The van der Waals surface area contributed by atoms with E-state index >= 15 is 0 Å². The van der Waals surface area contributed by atoms with Crippen LogP contribution in [0.15, 0.2) is 97.1 Å². The smallest absolute Gasteiger partial charge is 0.0992 e. The Labute approximate surface area is 207 Å². The Balaban J connectivity index is 1.81. The van der Waals surface area contributed by atoms with Crippen molar-refractivity contribution >= 4 is 33.2 Å². The van der Waals surface area contributed by atoms with Gasteiger partial charge in [0.2, 0.25) is 0 Å². The maximum atomic E-state index is 9.56. The van der Waals surface area contributed by atoms with Gasteiger partial charge in [-0.2, -0.15) is 10.5 Å². The van der Waals surface area contributed by atoms with Gasteiger partial charge in [-0.1, -0.05) is 48.5 Å². The predicted octanol–water partition coefficient (Wildman–Crippen LogP) is 6.15. The van der Waals surface area contributed by atoms with Crippen molar-refractivity contribution in [3.63, 3.8) is 0 Å². The van der Waals surface area contributed by atoms with Crippen LogP contribution in [0.2, 0.25) is 0 Å².